The molecular weight excluding hydrogens is 518 g/mol. The number of rotatable bonds is 9. The third-order valence-electron chi connectivity index (χ3n) is 5.80. The maximum atomic E-state index is 13.2. The molecule has 3 aromatic rings. The number of thiazole rings is 1. The van der Waals surface area contributed by atoms with E-state index in [1.165, 1.54) is 34.0 Å². The number of esters is 1. The SMILES string of the molecule is CCOC(=O)C1CCN(S(=O)(=O)c2cccc(-c3csc(NN=Cc4cccc([N+](=O)[O-])c4)n3)c2)CC1. The quantitative estimate of drug-likeness (QED) is 0.184. The van der Waals surface area contributed by atoms with E-state index in [1.54, 1.807) is 48.7 Å². The summed E-state index contributed by atoms with van der Waals surface area (Å²) in [6.07, 6.45) is 2.30. The van der Waals surface area contributed by atoms with Gasteiger partial charge in [0, 0.05) is 41.7 Å². The van der Waals surface area contributed by atoms with Crippen molar-refractivity contribution in [2.75, 3.05) is 25.1 Å². The number of nitro groups is 1. The smallest absolute Gasteiger partial charge is 0.309 e. The Morgan fingerprint density at radius 1 is 1.27 bits per heavy atom. The molecule has 1 aliphatic rings. The van der Waals surface area contributed by atoms with E-state index in [1.807, 2.05) is 0 Å². The van der Waals surface area contributed by atoms with Crippen molar-refractivity contribution in [2.45, 2.75) is 24.7 Å². The van der Waals surface area contributed by atoms with Crippen LogP contribution in [0.15, 0.2) is 63.9 Å². The molecule has 0 spiro atoms. The minimum absolute atomic E-state index is 0.0290. The summed E-state index contributed by atoms with van der Waals surface area (Å²) in [5.74, 6) is -0.553. The largest absolute Gasteiger partial charge is 0.466 e. The first-order chi connectivity index (χ1) is 17.8. The number of aromatic nitrogens is 1. The third kappa shape index (κ3) is 6.37. The Labute approximate surface area is 218 Å². The lowest BCUT2D eigenvalue weighted by atomic mass is 9.98. The number of piperidine rings is 1. The van der Waals surface area contributed by atoms with Crippen molar-refractivity contribution in [1.82, 2.24) is 9.29 Å². The van der Waals surface area contributed by atoms with Crippen LogP contribution in [0.5, 0.6) is 0 Å². The summed E-state index contributed by atoms with van der Waals surface area (Å²) in [5.41, 5.74) is 4.54. The predicted octanol–water partition coefficient (Wildman–Crippen LogP) is 4.13. The number of non-ortho nitro benzene ring substituents is 1. The van der Waals surface area contributed by atoms with Gasteiger partial charge in [0.2, 0.25) is 15.2 Å². The van der Waals surface area contributed by atoms with E-state index in [2.05, 4.69) is 15.5 Å². The average molecular weight is 544 g/mol. The number of benzene rings is 2. The Morgan fingerprint density at radius 3 is 2.76 bits per heavy atom. The number of ether oxygens (including phenoxy) is 1. The van der Waals surface area contributed by atoms with Gasteiger partial charge < -0.3 is 4.74 Å². The molecule has 0 unspecified atom stereocenters. The molecule has 0 atom stereocenters. The molecule has 4 rings (SSSR count). The lowest BCUT2D eigenvalue weighted by Gasteiger charge is -2.30. The van der Waals surface area contributed by atoms with Gasteiger partial charge in [0.15, 0.2) is 0 Å². The molecule has 0 saturated carbocycles. The summed E-state index contributed by atoms with van der Waals surface area (Å²) in [5, 5.41) is 17.2. The zero-order valence-electron chi connectivity index (χ0n) is 19.9. The van der Waals surface area contributed by atoms with Gasteiger partial charge in [-0.3, -0.25) is 20.3 Å². The molecule has 13 heteroatoms. The van der Waals surface area contributed by atoms with E-state index >= 15 is 0 Å². The number of hydrogen-bond acceptors (Lipinski definition) is 10. The van der Waals surface area contributed by atoms with Crippen molar-refractivity contribution in [3.8, 4) is 11.3 Å². The molecule has 0 amide bonds. The average Bonchev–Trinajstić information content (AvgIpc) is 3.38. The topological polar surface area (TPSA) is 144 Å². The van der Waals surface area contributed by atoms with Crippen LogP contribution in [-0.2, 0) is 19.6 Å². The number of hydrogen-bond donors (Lipinski definition) is 1. The Kier molecular flexibility index (Phi) is 8.26. The molecule has 0 aliphatic carbocycles. The van der Waals surface area contributed by atoms with Gasteiger partial charge in [0.05, 0.1) is 34.3 Å². The molecular formula is C24H25N5O6S2. The standard InChI is InChI=1S/C24H25N5O6S2/c1-2-35-23(30)18-9-11-28(12-10-18)37(33,34)21-8-4-6-19(14-21)22-16-36-24(26-22)27-25-15-17-5-3-7-20(13-17)29(31)32/h3-8,13-16,18H,2,9-12H2,1H3,(H,26,27). The fourth-order valence-electron chi connectivity index (χ4n) is 3.90. The fraction of sp³-hybridized carbons (Fsp3) is 0.292. The van der Waals surface area contributed by atoms with Crippen LogP contribution in [0.3, 0.4) is 0 Å². The van der Waals surface area contributed by atoms with E-state index in [0.717, 1.165) is 0 Å². The van der Waals surface area contributed by atoms with Crippen molar-refractivity contribution in [3.63, 3.8) is 0 Å². The summed E-state index contributed by atoms with van der Waals surface area (Å²) >= 11 is 1.29. The maximum absolute atomic E-state index is 13.2. The van der Waals surface area contributed by atoms with Gasteiger partial charge in [-0.1, -0.05) is 24.3 Å². The summed E-state index contributed by atoms with van der Waals surface area (Å²) in [4.78, 5) is 27.0. The van der Waals surface area contributed by atoms with Gasteiger partial charge in [-0.05, 0) is 31.9 Å². The monoisotopic (exact) mass is 543 g/mol. The highest BCUT2D eigenvalue weighted by molar-refractivity contribution is 7.89. The number of nitrogens with zero attached hydrogens (tertiary/aromatic N) is 4. The molecule has 1 aromatic heterocycles. The van der Waals surface area contributed by atoms with Crippen molar-refractivity contribution >= 4 is 44.4 Å². The first kappa shape index (κ1) is 26.4. The molecule has 1 N–H and O–H groups in total. The van der Waals surface area contributed by atoms with Gasteiger partial charge in [-0.2, -0.15) is 9.41 Å². The number of sulfonamides is 1. The molecule has 11 nitrogen and oxygen atoms in total. The van der Waals surface area contributed by atoms with E-state index in [-0.39, 0.29) is 35.6 Å². The zero-order chi connectivity index (χ0) is 26.4. The number of nitro benzene ring substituents is 1. The number of carbonyl (C=O) groups is 1. The number of carbonyl (C=O) groups excluding carboxylic acids is 1. The second kappa shape index (κ2) is 11.6. The zero-order valence-corrected chi connectivity index (χ0v) is 21.6. The molecule has 2 aromatic carbocycles. The first-order valence-electron chi connectivity index (χ1n) is 11.5. The van der Waals surface area contributed by atoms with Crippen LogP contribution in [0, 0.1) is 16.0 Å². The third-order valence-corrected chi connectivity index (χ3v) is 8.44. The van der Waals surface area contributed by atoms with Crippen molar-refractivity contribution in [3.05, 3.63) is 69.6 Å². The van der Waals surface area contributed by atoms with Crippen molar-refractivity contribution in [2.24, 2.45) is 11.0 Å². The van der Waals surface area contributed by atoms with Crippen LogP contribution in [0.25, 0.3) is 11.3 Å². The highest BCUT2D eigenvalue weighted by Crippen LogP contribution is 2.29. The Morgan fingerprint density at radius 2 is 2.03 bits per heavy atom. The molecule has 1 saturated heterocycles. The van der Waals surface area contributed by atoms with Crippen molar-refractivity contribution < 1.29 is 22.9 Å². The van der Waals surface area contributed by atoms with Gasteiger partial charge in [-0.25, -0.2) is 13.4 Å². The first-order valence-corrected chi connectivity index (χ1v) is 13.9. The lowest BCUT2D eigenvalue weighted by molar-refractivity contribution is -0.384. The number of hydrazone groups is 1. The minimum atomic E-state index is -3.73. The van der Waals surface area contributed by atoms with E-state index in [0.29, 0.717) is 41.4 Å². The number of anilines is 1. The van der Waals surface area contributed by atoms with Crippen LogP contribution in [0.1, 0.15) is 25.3 Å². The second-order valence-corrected chi connectivity index (χ2v) is 11.0. The highest BCUT2D eigenvalue weighted by atomic mass is 32.2. The number of nitrogens with one attached hydrogen (secondary N) is 1. The molecule has 0 radical (unpaired) electrons. The van der Waals surface area contributed by atoms with E-state index in [9.17, 15) is 23.3 Å². The summed E-state index contributed by atoms with van der Waals surface area (Å²) in [6, 6.07) is 12.6. The highest BCUT2D eigenvalue weighted by Gasteiger charge is 2.32. The fourth-order valence-corrected chi connectivity index (χ4v) is 6.08. The molecule has 0 bridgehead atoms. The van der Waals surface area contributed by atoms with Gasteiger partial charge in [-0.15, -0.1) is 11.3 Å². The molecule has 37 heavy (non-hydrogen) atoms. The summed E-state index contributed by atoms with van der Waals surface area (Å²) in [6.45, 7) is 2.56. The van der Waals surface area contributed by atoms with E-state index < -0.39 is 14.9 Å². The van der Waals surface area contributed by atoms with Crippen LogP contribution in [0.2, 0.25) is 0 Å². The van der Waals surface area contributed by atoms with E-state index in [4.69, 9.17) is 4.74 Å². The molecule has 194 valence electrons. The van der Waals surface area contributed by atoms with Crippen LogP contribution < -0.4 is 5.43 Å². The summed E-state index contributed by atoms with van der Waals surface area (Å²) in [7, 11) is -3.73. The Bertz CT molecular complexity index is 1410. The van der Waals surface area contributed by atoms with Gasteiger partial charge in [0.25, 0.3) is 5.69 Å². The molecule has 1 fully saturated rings. The summed E-state index contributed by atoms with van der Waals surface area (Å²) < 4.78 is 32.9. The van der Waals surface area contributed by atoms with Crippen LogP contribution in [0.4, 0.5) is 10.8 Å². The van der Waals surface area contributed by atoms with Crippen LogP contribution in [-0.4, -0.2) is 54.5 Å². The lowest BCUT2D eigenvalue weighted by Crippen LogP contribution is -2.40. The molecule has 1 aliphatic heterocycles. The normalized spacial score (nSPS) is 15.1. The second-order valence-electron chi connectivity index (χ2n) is 8.22. The maximum Gasteiger partial charge on any atom is 0.309 e. The van der Waals surface area contributed by atoms with Crippen LogP contribution >= 0.6 is 11.3 Å². The molecule has 2 heterocycles. The van der Waals surface area contributed by atoms with Gasteiger partial charge in [0.1, 0.15) is 0 Å². The van der Waals surface area contributed by atoms with Crippen molar-refractivity contribution in [1.29, 1.82) is 0 Å². The Hall–Kier alpha value is -3.68. The van der Waals surface area contributed by atoms with Gasteiger partial charge >= 0.3 is 5.97 Å². The minimum Gasteiger partial charge on any atom is -0.466 e. The predicted molar refractivity (Wildman–Crippen MR) is 140 cm³/mol. The Balaban J connectivity index is 1.42.